The fraction of sp³-hybridized carbons (Fsp3) is 0.750. The Morgan fingerprint density at radius 3 is 2.71 bits per heavy atom. The molecule has 1 aliphatic rings. The molecule has 2 rings (SSSR count). The van der Waals surface area contributed by atoms with Gasteiger partial charge in [-0.05, 0) is 38.3 Å². The summed E-state index contributed by atoms with van der Waals surface area (Å²) in [6.07, 6.45) is 2.42. The molecule has 0 radical (unpaired) electrons. The van der Waals surface area contributed by atoms with E-state index in [4.69, 9.17) is 5.73 Å². The highest BCUT2D eigenvalue weighted by molar-refractivity contribution is 7.99. The Morgan fingerprint density at radius 1 is 1.47 bits per heavy atom. The number of aryl methyl sites for hydroxylation is 1. The molecule has 0 saturated carbocycles. The lowest BCUT2D eigenvalue weighted by Gasteiger charge is -2.43. The van der Waals surface area contributed by atoms with Crippen molar-refractivity contribution in [1.82, 2.24) is 9.88 Å². The normalized spacial score (nSPS) is 19.8. The predicted octanol–water partition coefficient (Wildman–Crippen LogP) is 2.11. The minimum Gasteiger partial charge on any atom is -0.329 e. The van der Waals surface area contributed by atoms with E-state index in [9.17, 15) is 0 Å². The van der Waals surface area contributed by atoms with Gasteiger partial charge in [-0.25, -0.2) is 4.98 Å². The van der Waals surface area contributed by atoms with Crippen LogP contribution >= 0.6 is 23.1 Å². The van der Waals surface area contributed by atoms with Gasteiger partial charge < -0.3 is 5.73 Å². The molecule has 5 heteroatoms. The Kier molecular flexibility index (Phi) is 4.47. The highest BCUT2D eigenvalue weighted by atomic mass is 32.2. The van der Waals surface area contributed by atoms with Crippen LogP contribution in [0.4, 0.5) is 0 Å². The first kappa shape index (κ1) is 13.3. The summed E-state index contributed by atoms with van der Waals surface area (Å²) in [6.45, 7) is 3.84. The topological polar surface area (TPSA) is 42.2 Å². The number of hydrogen-bond acceptors (Lipinski definition) is 5. The van der Waals surface area contributed by atoms with Crippen LogP contribution in [-0.2, 0) is 6.54 Å². The van der Waals surface area contributed by atoms with Crippen LogP contribution in [0.2, 0.25) is 0 Å². The van der Waals surface area contributed by atoms with Crippen molar-refractivity contribution in [2.45, 2.75) is 31.8 Å². The van der Waals surface area contributed by atoms with Crippen LogP contribution in [0.25, 0.3) is 0 Å². The lowest BCUT2D eigenvalue weighted by atomic mass is 9.90. The number of nitrogens with two attached hydrogens (primary N) is 1. The molecule has 3 nitrogen and oxygen atoms in total. The third-order valence-electron chi connectivity index (χ3n) is 3.84. The number of hydrogen-bond donors (Lipinski definition) is 1. The second-order valence-electron chi connectivity index (χ2n) is 4.76. The van der Waals surface area contributed by atoms with Gasteiger partial charge in [-0.15, -0.1) is 11.3 Å². The SMILES string of the molecule is Cc1ncsc1CN(C)C1(CN)CCSCC1. The van der Waals surface area contributed by atoms with E-state index in [1.807, 2.05) is 17.3 Å². The van der Waals surface area contributed by atoms with E-state index >= 15 is 0 Å². The first-order valence-electron chi connectivity index (χ1n) is 6.06. The van der Waals surface area contributed by atoms with E-state index in [-0.39, 0.29) is 5.54 Å². The molecule has 1 aromatic heterocycles. The van der Waals surface area contributed by atoms with Crippen LogP contribution in [0.5, 0.6) is 0 Å². The maximum absolute atomic E-state index is 6.04. The van der Waals surface area contributed by atoms with E-state index in [2.05, 4.69) is 23.9 Å². The van der Waals surface area contributed by atoms with E-state index in [0.29, 0.717) is 0 Å². The van der Waals surface area contributed by atoms with Gasteiger partial charge in [0.1, 0.15) is 0 Å². The third-order valence-corrected chi connectivity index (χ3v) is 5.74. The summed E-state index contributed by atoms with van der Waals surface area (Å²) in [5.74, 6) is 2.48. The Hall–Kier alpha value is -0.100. The van der Waals surface area contributed by atoms with Crippen molar-refractivity contribution in [2.24, 2.45) is 5.73 Å². The molecule has 1 aromatic rings. The second kappa shape index (κ2) is 5.69. The van der Waals surface area contributed by atoms with Crippen molar-refractivity contribution in [3.8, 4) is 0 Å². The molecule has 1 aliphatic heterocycles. The monoisotopic (exact) mass is 271 g/mol. The standard InChI is InChI=1S/C12H21N3S2/c1-10-11(17-9-14-10)7-15(2)12(8-13)3-5-16-6-4-12/h9H,3-8,13H2,1-2H3. The number of thiazole rings is 1. The minimum atomic E-state index is 0.210. The molecule has 1 fully saturated rings. The lowest BCUT2D eigenvalue weighted by molar-refractivity contribution is 0.108. The average Bonchev–Trinajstić information content (AvgIpc) is 2.76. The second-order valence-corrected chi connectivity index (χ2v) is 6.92. The average molecular weight is 271 g/mol. The van der Waals surface area contributed by atoms with Crippen molar-refractivity contribution in [2.75, 3.05) is 25.1 Å². The molecule has 1 saturated heterocycles. The molecular formula is C12H21N3S2. The zero-order valence-electron chi connectivity index (χ0n) is 10.6. The molecule has 0 bridgehead atoms. The summed E-state index contributed by atoms with van der Waals surface area (Å²) in [7, 11) is 2.21. The Balaban J connectivity index is 2.07. The highest BCUT2D eigenvalue weighted by Crippen LogP contribution is 2.32. The van der Waals surface area contributed by atoms with Gasteiger partial charge in [0, 0.05) is 23.5 Å². The van der Waals surface area contributed by atoms with Crippen LogP contribution in [-0.4, -0.2) is 40.5 Å². The molecule has 0 amide bonds. The molecule has 17 heavy (non-hydrogen) atoms. The van der Waals surface area contributed by atoms with Crippen LogP contribution in [0, 0.1) is 6.92 Å². The van der Waals surface area contributed by atoms with Crippen molar-refractivity contribution in [3.63, 3.8) is 0 Å². The smallest absolute Gasteiger partial charge is 0.0798 e. The summed E-state index contributed by atoms with van der Waals surface area (Å²) in [6, 6.07) is 0. The first-order valence-corrected chi connectivity index (χ1v) is 8.09. The highest BCUT2D eigenvalue weighted by Gasteiger charge is 2.35. The Labute approximate surface area is 112 Å². The van der Waals surface area contributed by atoms with E-state index in [1.165, 1.54) is 34.9 Å². The summed E-state index contributed by atoms with van der Waals surface area (Å²) in [4.78, 5) is 8.15. The first-order chi connectivity index (χ1) is 8.18. The summed E-state index contributed by atoms with van der Waals surface area (Å²) < 4.78 is 0. The molecule has 0 atom stereocenters. The van der Waals surface area contributed by atoms with Gasteiger partial charge >= 0.3 is 0 Å². The minimum absolute atomic E-state index is 0.210. The molecule has 0 aliphatic carbocycles. The lowest BCUT2D eigenvalue weighted by Crippen LogP contribution is -2.53. The molecule has 2 heterocycles. The van der Waals surface area contributed by atoms with E-state index in [0.717, 1.165) is 13.1 Å². The van der Waals surface area contributed by atoms with Gasteiger partial charge in [0.25, 0.3) is 0 Å². The number of aromatic nitrogens is 1. The van der Waals surface area contributed by atoms with Crippen molar-refractivity contribution in [3.05, 3.63) is 16.1 Å². The zero-order valence-corrected chi connectivity index (χ0v) is 12.2. The maximum atomic E-state index is 6.04. The Bertz CT molecular complexity index is 358. The van der Waals surface area contributed by atoms with Crippen LogP contribution in [0.15, 0.2) is 5.51 Å². The van der Waals surface area contributed by atoms with Crippen LogP contribution < -0.4 is 5.73 Å². The molecule has 0 aromatic carbocycles. The predicted molar refractivity (Wildman–Crippen MR) is 76.7 cm³/mol. The van der Waals surface area contributed by atoms with Gasteiger partial charge in [0.2, 0.25) is 0 Å². The van der Waals surface area contributed by atoms with Gasteiger partial charge in [-0.2, -0.15) is 11.8 Å². The van der Waals surface area contributed by atoms with Gasteiger partial charge in [-0.1, -0.05) is 0 Å². The van der Waals surface area contributed by atoms with Gasteiger partial charge in [0.15, 0.2) is 0 Å². The van der Waals surface area contributed by atoms with Gasteiger partial charge in [-0.3, -0.25) is 4.90 Å². The fourth-order valence-electron chi connectivity index (χ4n) is 2.35. The largest absolute Gasteiger partial charge is 0.329 e. The zero-order chi connectivity index (χ0) is 12.3. The molecule has 0 spiro atoms. The number of nitrogens with zero attached hydrogens (tertiary/aromatic N) is 2. The van der Waals surface area contributed by atoms with E-state index in [1.54, 1.807) is 11.3 Å². The summed E-state index contributed by atoms with van der Waals surface area (Å²) in [5, 5.41) is 0. The number of thioether (sulfide) groups is 1. The van der Waals surface area contributed by atoms with Crippen LogP contribution in [0.3, 0.4) is 0 Å². The third kappa shape index (κ3) is 2.84. The van der Waals surface area contributed by atoms with Crippen molar-refractivity contribution >= 4 is 23.1 Å². The quantitative estimate of drug-likeness (QED) is 0.911. The van der Waals surface area contributed by atoms with Crippen molar-refractivity contribution in [1.29, 1.82) is 0 Å². The van der Waals surface area contributed by atoms with E-state index < -0.39 is 0 Å². The number of likely N-dealkylation sites (N-methyl/N-ethyl adjacent to an activating group) is 1. The number of rotatable bonds is 4. The molecule has 2 N–H and O–H groups in total. The van der Waals surface area contributed by atoms with Crippen molar-refractivity contribution < 1.29 is 0 Å². The molecule has 0 unspecified atom stereocenters. The van der Waals surface area contributed by atoms with Gasteiger partial charge in [0.05, 0.1) is 11.2 Å². The summed E-state index contributed by atoms with van der Waals surface area (Å²) in [5.41, 5.74) is 9.35. The fourth-order valence-corrected chi connectivity index (χ4v) is 4.44. The van der Waals surface area contributed by atoms with Crippen LogP contribution in [0.1, 0.15) is 23.4 Å². The Morgan fingerprint density at radius 2 is 2.18 bits per heavy atom. The maximum Gasteiger partial charge on any atom is 0.0798 e. The molecular weight excluding hydrogens is 250 g/mol. The summed E-state index contributed by atoms with van der Waals surface area (Å²) >= 11 is 3.80. The molecule has 96 valence electrons.